The van der Waals surface area contributed by atoms with E-state index in [-0.39, 0.29) is 34.7 Å². The number of likely N-dealkylation sites (N-methyl/N-ethyl adjacent to an activating group) is 1. The number of morpholine rings is 1. The van der Waals surface area contributed by atoms with Crippen LogP contribution in [0, 0.1) is 29.6 Å². The second kappa shape index (κ2) is 33.9. The van der Waals surface area contributed by atoms with Crippen molar-refractivity contribution < 1.29 is 21.9 Å². The van der Waals surface area contributed by atoms with Gasteiger partial charge < -0.3 is 4.74 Å². The van der Waals surface area contributed by atoms with Gasteiger partial charge in [0, 0.05) is 143 Å². The fourth-order valence-electron chi connectivity index (χ4n) is 16.4. The summed E-state index contributed by atoms with van der Waals surface area (Å²) >= 11 is 2.14. The first-order chi connectivity index (χ1) is 38.1. The van der Waals surface area contributed by atoms with Gasteiger partial charge in [-0.1, -0.05) is 48.5 Å². The quantitative estimate of drug-likeness (QED) is 0.255. The minimum absolute atomic E-state index is 0.0498. The van der Waals surface area contributed by atoms with Crippen molar-refractivity contribution in [3.8, 4) is 0 Å². The molecule has 84 heavy (non-hydrogen) atoms. The Balaban J connectivity index is 0.000000504. The Labute approximate surface area is 527 Å². The summed E-state index contributed by atoms with van der Waals surface area (Å²) in [5.41, 5.74) is 0. The van der Waals surface area contributed by atoms with Crippen LogP contribution in [0.4, 0.5) is 8.78 Å². The van der Waals surface area contributed by atoms with Gasteiger partial charge in [0.25, 0.3) is 5.92 Å². The monoisotopic (exact) mass is 1230 g/mol. The topological polar surface area (TPSA) is 66.1 Å². The summed E-state index contributed by atoms with van der Waals surface area (Å²) in [4.78, 5) is 17.6. The number of nitrogens with zero attached hydrogens (tertiary/aromatic N) is 7. The maximum absolute atomic E-state index is 13.9. The van der Waals surface area contributed by atoms with Crippen molar-refractivity contribution in [1.82, 2.24) is 34.3 Å². The van der Waals surface area contributed by atoms with Crippen LogP contribution < -0.4 is 0 Å². The van der Waals surface area contributed by atoms with Crippen molar-refractivity contribution in [2.75, 3.05) is 7.05 Å². The molecule has 6 fully saturated rings. The molecule has 0 aromatic rings. The number of sulfone groups is 1. The highest BCUT2D eigenvalue weighted by Gasteiger charge is 2.54. The predicted molar refractivity (Wildman–Crippen MR) is 367 cm³/mol. The Morgan fingerprint density at radius 3 is 0.857 bits per heavy atom. The molecule has 6 saturated heterocycles. The van der Waals surface area contributed by atoms with Crippen molar-refractivity contribution in [2.45, 2.75) is 416 Å². The molecule has 6 heterocycles. The minimum atomic E-state index is -2.95. The average Bonchev–Trinajstić information content (AvgIpc) is 2.61. The van der Waals surface area contributed by atoms with Crippen LogP contribution in [0.25, 0.3) is 0 Å². The van der Waals surface area contributed by atoms with E-state index in [4.69, 9.17) is 4.74 Å². The molecule has 0 bridgehead atoms. The fraction of sp³-hybridized carbons (Fsp3) is 1.00. The third-order valence-corrected chi connectivity index (χ3v) is 28.2. The number of rotatable bonds is 6. The standard InChI is InChI=1S/C13H27N.C12H23F2N.C12H26N2.C11H23NO2S.C11H23NO.C11H23NS/c1-8(2)14-12(6)10(4)9(3)11(5)13(14)7;1-7(2)15-10(5)8(3)12(13,14)9(4)11(15)6;1-8(2)14-11(5)9(3)13(7)10(4)12(14)6;1-7(2)12-8(3)10(5)15(13,14)11(6)9(12)4;2*1-7(2)12-8(3)10(5)13-11(6)9(12)4/h8-13H,1-7H3;7-11H,1-6H3;8-12H,1-7H3;7-11H,1-6H3;2*7-11H,1-6H3. The van der Waals surface area contributed by atoms with E-state index in [0.29, 0.717) is 84.7 Å². The zero-order valence-corrected chi connectivity index (χ0v) is 64.0. The first-order valence-corrected chi connectivity index (χ1v) is 36.9. The molecular weight excluding hydrogens is 1090 g/mol. The third-order valence-electron chi connectivity index (χ3n) is 23.7. The van der Waals surface area contributed by atoms with Crippen molar-refractivity contribution in [2.24, 2.45) is 29.6 Å². The van der Waals surface area contributed by atoms with E-state index >= 15 is 0 Å². The number of halogens is 2. The lowest BCUT2D eigenvalue weighted by Gasteiger charge is -2.53. The highest BCUT2D eigenvalue weighted by molar-refractivity contribution is 8.00. The molecule has 24 unspecified atom stereocenters. The van der Waals surface area contributed by atoms with Gasteiger partial charge in [0.1, 0.15) is 0 Å². The lowest BCUT2D eigenvalue weighted by atomic mass is 9.72. The molecule has 504 valence electrons. The molecule has 24 atom stereocenters. The molecule has 0 radical (unpaired) electrons. The number of hydrogen-bond donors (Lipinski definition) is 0. The first-order valence-electron chi connectivity index (χ1n) is 34.3. The second-order valence-electron chi connectivity index (χ2n) is 30.2. The SMILES string of the molecule is CC(C)N1C(C)C(C)C(F)(F)C(C)C1C.CC(C)N1C(C)C(C)S(=O)(=O)C(C)C1C.CC1C(C)C(C)N(C(C)C)C(C)C1C.CC1C(C)N(C(C)C)C(C)C(C)N1C.CC1OC(C)C(C)N(C(C)C)C1C.CC1SC(C)C(C)N(C(C)C)C1C. The van der Waals surface area contributed by atoms with Gasteiger partial charge in [0.05, 0.1) is 22.7 Å². The number of alkyl halides is 2. The first kappa shape index (κ1) is 81.9. The molecule has 10 nitrogen and oxygen atoms in total. The van der Waals surface area contributed by atoms with Crippen molar-refractivity contribution in [3.63, 3.8) is 0 Å². The summed E-state index contributed by atoms with van der Waals surface area (Å²) < 4.78 is 57.8. The Kier molecular flexibility index (Phi) is 33.1. The third kappa shape index (κ3) is 19.0. The van der Waals surface area contributed by atoms with E-state index in [2.05, 4.69) is 254 Å². The number of likely N-dealkylation sites (tertiary alicyclic amines) is 2. The number of piperazine rings is 1. The number of thioether (sulfide) groups is 1. The van der Waals surface area contributed by atoms with Crippen LogP contribution in [0.3, 0.4) is 0 Å². The van der Waals surface area contributed by atoms with Crippen LogP contribution >= 0.6 is 11.8 Å². The maximum Gasteiger partial charge on any atom is 0.256 e. The zero-order chi connectivity index (χ0) is 66.4. The van der Waals surface area contributed by atoms with Gasteiger partial charge in [-0.05, 0) is 233 Å². The van der Waals surface area contributed by atoms with E-state index < -0.39 is 27.6 Å². The lowest BCUT2D eigenvalue weighted by molar-refractivity contribution is -0.184. The molecule has 0 aromatic heterocycles. The van der Waals surface area contributed by atoms with Crippen molar-refractivity contribution in [1.29, 1.82) is 0 Å². The Morgan fingerprint density at radius 1 is 0.333 bits per heavy atom. The molecule has 6 rings (SSSR count). The van der Waals surface area contributed by atoms with Crippen LogP contribution in [-0.2, 0) is 14.6 Å². The highest BCUT2D eigenvalue weighted by atomic mass is 32.2. The summed E-state index contributed by atoms with van der Waals surface area (Å²) in [6.07, 6.45) is 0.710. The number of piperidine rings is 2. The van der Waals surface area contributed by atoms with Gasteiger partial charge in [0.15, 0.2) is 9.84 Å². The van der Waals surface area contributed by atoms with E-state index in [1.165, 1.54) is 0 Å². The molecule has 0 aromatic carbocycles. The average molecular weight is 1240 g/mol. The zero-order valence-electron chi connectivity index (χ0n) is 62.3. The van der Waals surface area contributed by atoms with Gasteiger partial charge in [-0.3, -0.25) is 34.3 Å². The lowest BCUT2D eigenvalue weighted by Crippen LogP contribution is -2.65. The summed E-state index contributed by atoms with van der Waals surface area (Å²) in [6, 6.07) is 10.1. The minimum Gasteiger partial charge on any atom is -0.372 e. The Morgan fingerprint density at radius 2 is 0.571 bits per heavy atom. The Bertz CT molecular complexity index is 1800. The van der Waals surface area contributed by atoms with Crippen molar-refractivity contribution in [3.05, 3.63) is 0 Å². The molecule has 14 heteroatoms. The smallest absolute Gasteiger partial charge is 0.256 e. The highest BCUT2D eigenvalue weighted by Crippen LogP contribution is 2.45. The van der Waals surface area contributed by atoms with Crippen LogP contribution in [0.15, 0.2) is 0 Å². The van der Waals surface area contributed by atoms with Crippen molar-refractivity contribution >= 4 is 21.6 Å². The van der Waals surface area contributed by atoms with Gasteiger partial charge in [-0.25, -0.2) is 17.2 Å². The summed E-state index contributed by atoms with van der Waals surface area (Å²) in [5.74, 6) is -1.16. The summed E-state index contributed by atoms with van der Waals surface area (Å²) in [6.45, 7) is 81.4. The van der Waals surface area contributed by atoms with Crippen LogP contribution in [0.2, 0.25) is 0 Å². The normalized spacial score (nSPS) is 42.9. The van der Waals surface area contributed by atoms with E-state index in [9.17, 15) is 17.2 Å². The maximum atomic E-state index is 13.9. The van der Waals surface area contributed by atoms with Gasteiger partial charge in [-0.2, -0.15) is 11.8 Å². The predicted octanol–water partition coefficient (Wildman–Crippen LogP) is 15.9. The molecule has 6 aliphatic rings. The molecule has 0 N–H and O–H groups in total. The summed E-state index contributed by atoms with van der Waals surface area (Å²) in [7, 11) is -0.697. The van der Waals surface area contributed by atoms with Gasteiger partial charge >= 0.3 is 0 Å². The fourth-order valence-corrected chi connectivity index (χ4v) is 19.8. The van der Waals surface area contributed by atoms with Gasteiger partial charge in [-0.15, -0.1) is 0 Å². The number of hydrogen-bond acceptors (Lipinski definition) is 11. The van der Waals surface area contributed by atoms with Crippen LogP contribution in [0.5, 0.6) is 0 Å². The summed E-state index contributed by atoms with van der Waals surface area (Å²) in [5, 5.41) is 1.03. The molecular formula is C70H145F2N7O3S2. The van der Waals surface area contributed by atoms with Crippen LogP contribution in [0.1, 0.15) is 256 Å². The van der Waals surface area contributed by atoms with E-state index in [0.717, 1.165) is 52.4 Å². The second-order valence-corrected chi connectivity index (χ2v) is 34.6. The molecule has 6 aliphatic heterocycles. The molecule has 0 aliphatic carbocycles. The Hall–Kier alpha value is -0.160. The van der Waals surface area contributed by atoms with E-state index in [1.54, 1.807) is 13.8 Å². The molecule has 0 amide bonds. The molecule has 0 spiro atoms. The van der Waals surface area contributed by atoms with E-state index in [1.807, 2.05) is 41.5 Å². The van der Waals surface area contributed by atoms with Crippen LogP contribution in [-0.4, -0.2) is 210 Å². The largest absolute Gasteiger partial charge is 0.372 e. The molecule has 0 saturated carbocycles. The number of ether oxygens (including phenoxy) is 1. The van der Waals surface area contributed by atoms with Gasteiger partial charge in [0.2, 0.25) is 0 Å².